The van der Waals surface area contributed by atoms with Crippen LogP contribution in [0.4, 0.5) is 0 Å². The number of fused-ring (bicyclic) bond motifs is 27. The minimum absolute atomic E-state index is 0.0420. The highest BCUT2D eigenvalue weighted by atomic mass is 32.1. The molecule has 0 amide bonds. The predicted molar refractivity (Wildman–Crippen MR) is 331 cm³/mol. The topological polar surface area (TPSA) is 25.8 Å². The first-order valence-electron chi connectivity index (χ1n) is 28.0. The average Bonchev–Trinajstić information content (AvgIpc) is 2.08. The number of rotatable bonds is 2. The normalized spacial score (nSPS) is 14.7. The van der Waals surface area contributed by atoms with E-state index < -0.39 is 10.8 Å². The minimum Gasteiger partial charge on any atom is -0.242 e. The summed E-state index contributed by atoms with van der Waals surface area (Å²) in [6.07, 6.45) is 0. The highest BCUT2D eigenvalue weighted by Gasteiger charge is 2.54. The van der Waals surface area contributed by atoms with Crippen LogP contribution in [0, 0.1) is 0 Å². The summed E-state index contributed by atoms with van der Waals surface area (Å²) in [5, 5.41) is 4.71. The number of hydrogen-bond donors (Lipinski definition) is 0. The van der Waals surface area contributed by atoms with Crippen molar-refractivity contribution in [2.24, 2.45) is 0 Å². The van der Waals surface area contributed by atoms with Crippen LogP contribution in [0.3, 0.4) is 0 Å². The third-order valence-electron chi connectivity index (χ3n) is 18.6. The SMILES string of the molecule is CC(C)(C)c1ccc2c(c1)c1cc(C(C)(C)C)ccc1c1nc3c(-c4cccc5c4-c4ccccc4C54c5ccccc5-c5ccccc54)sc(-c4cccc5c4-c4ccccc4C54c5ccccc5-c5ccccc54)c3nc21. The molecule has 11 aromatic carbocycles. The number of thiophene rings is 1. The Kier molecular flexibility index (Phi) is 8.88. The maximum atomic E-state index is 6.10. The Hall–Kier alpha value is -8.76. The Labute approximate surface area is 464 Å². The summed E-state index contributed by atoms with van der Waals surface area (Å²) in [5.74, 6) is 0. The number of hydrogen-bond acceptors (Lipinski definition) is 3. The third kappa shape index (κ3) is 5.66. The molecule has 2 nitrogen and oxygen atoms in total. The lowest BCUT2D eigenvalue weighted by Gasteiger charge is -2.30. The van der Waals surface area contributed by atoms with Crippen LogP contribution in [0.25, 0.3) is 109 Å². The Morgan fingerprint density at radius 1 is 0.278 bits per heavy atom. The Morgan fingerprint density at radius 2 is 0.570 bits per heavy atom. The molecule has 0 aliphatic heterocycles. The van der Waals surface area contributed by atoms with Crippen LogP contribution >= 0.6 is 11.3 Å². The lowest BCUT2D eigenvalue weighted by Crippen LogP contribution is -2.25. The van der Waals surface area contributed by atoms with Crippen LogP contribution in [0.1, 0.15) is 97.2 Å². The molecular weight excluding hydrogens is 973 g/mol. The van der Waals surface area contributed by atoms with Crippen molar-refractivity contribution < 1.29 is 0 Å². The van der Waals surface area contributed by atoms with E-state index in [2.05, 4.69) is 260 Å². The van der Waals surface area contributed by atoms with Crippen molar-refractivity contribution in [2.45, 2.75) is 63.2 Å². The molecule has 0 atom stereocenters. The molecule has 2 heterocycles. The van der Waals surface area contributed by atoms with Gasteiger partial charge in [0.2, 0.25) is 0 Å². The molecule has 374 valence electrons. The second-order valence-corrected chi connectivity index (χ2v) is 25.6. The molecule has 0 saturated carbocycles. The van der Waals surface area contributed by atoms with E-state index in [-0.39, 0.29) is 10.8 Å². The van der Waals surface area contributed by atoms with Crippen LogP contribution in [-0.4, -0.2) is 9.97 Å². The summed E-state index contributed by atoms with van der Waals surface area (Å²) >= 11 is 1.87. The van der Waals surface area contributed by atoms with Crippen LogP contribution in [0.5, 0.6) is 0 Å². The Morgan fingerprint density at radius 3 is 0.911 bits per heavy atom. The molecule has 0 unspecified atom stereocenters. The monoisotopic (exact) mass is 1030 g/mol. The molecule has 0 saturated heterocycles. The first-order chi connectivity index (χ1) is 38.5. The molecule has 3 heteroatoms. The number of benzene rings is 11. The fraction of sp³-hybridized carbons (Fsp3) is 0.132. The van der Waals surface area contributed by atoms with E-state index in [9.17, 15) is 0 Å². The van der Waals surface area contributed by atoms with Crippen molar-refractivity contribution >= 4 is 54.9 Å². The van der Waals surface area contributed by atoms with Crippen molar-refractivity contribution in [1.29, 1.82) is 0 Å². The van der Waals surface area contributed by atoms with Crippen LogP contribution in [-0.2, 0) is 21.7 Å². The van der Waals surface area contributed by atoms with Crippen molar-refractivity contribution in [3.63, 3.8) is 0 Å². The number of nitrogens with zero attached hydrogens (tertiary/aromatic N) is 2. The van der Waals surface area contributed by atoms with Gasteiger partial charge in [0.15, 0.2) is 0 Å². The smallest absolute Gasteiger partial charge is 0.109 e. The van der Waals surface area contributed by atoms with Gasteiger partial charge in [-0.1, -0.05) is 248 Å². The fourth-order valence-electron chi connectivity index (χ4n) is 15.2. The molecule has 79 heavy (non-hydrogen) atoms. The second-order valence-electron chi connectivity index (χ2n) is 24.6. The molecule has 4 aliphatic rings. The van der Waals surface area contributed by atoms with Crippen molar-refractivity contribution in [3.05, 3.63) is 274 Å². The Bertz CT molecular complexity index is 4480. The zero-order valence-electron chi connectivity index (χ0n) is 45.1. The zero-order chi connectivity index (χ0) is 52.9. The summed E-state index contributed by atoms with van der Waals surface area (Å²) in [6, 6.07) is 83.2. The van der Waals surface area contributed by atoms with Crippen molar-refractivity contribution in [3.8, 4) is 65.4 Å². The molecule has 17 rings (SSSR count). The van der Waals surface area contributed by atoms with Gasteiger partial charge in [-0.25, -0.2) is 9.97 Å². The number of aromatic nitrogens is 2. The summed E-state index contributed by atoms with van der Waals surface area (Å²) in [6.45, 7) is 13.9. The van der Waals surface area contributed by atoms with E-state index >= 15 is 0 Å². The van der Waals surface area contributed by atoms with Gasteiger partial charge >= 0.3 is 0 Å². The van der Waals surface area contributed by atoms with Crippen LogP contribution in [0.15, 0.2) is 218 Å². The van der Waals surface area contributed by atoms with E-state index in [0.29, 0.717) is 0 Å². The van der Waals surface area contributed by atoms with E-state index in [1.165, 1.54) is 122 Å². The third-order valence-corrected chi connectivity index (χ3v) is 19.9. The van der Waals surface area contributed by atoms with Gasteiger partial charge in [0.05, 0.1) is 31.6 Å². The summed E-state index contributed by atoms with van der Waals surface area (Å²) in [4.78, 5) is 14.5. The highest BCUT2D eigenvalue weighted by Crippen LogP contribution is 2.67. The molecule has 0 fully saturated rings. The molecule has 2 aromatic heterocycles. The van der Waals surface area contributed by atoms with Gasteiger partial charge in [0, 0.05) is 21.9 Å². The first kappa shape index (κ1) is 45.3. The summed E-state index contributed by atoms with van der Waals surface area (Å²) in [5.41, 5.74) is 28.7. The summed E-state index contributed by atoms with van der Waals surface area (Å²) in [7, 11) is 0. The first-order valence-corrected chi connectivity index (χ1v) is 28.8. The highest BCUT2D eigenvalue weighted by molar-refractivity contribution is 7.21. The second kappa shape index (κ2) is 15.5. The molecule has 0 radical (unpaired) electrons. The lowest BCUT2D eigenvalue weighted by atomic mass is 9.70. The van der Waals surface area contributed by atoms with Gasteiger partial charge < -0.3 is 0 Å². The Balaban J connectivity index is 1.02. The molecule has 2 spiro atoms. The predicted octanol–water partition coefficient (Wildman–Crippen LogP) is 19.8. The minimum atomic E-state index is -0.485. The van der Waals surface area contributed by atoms with E-state index in [4.69, 9.17) is 9.97 Å². The molecular formula is C76H54N2S. The van der Waals surface area contributed by atoms with Crippen molar-refractivity contribution in [2.75, 3.05) is 0 Å². The van der Waals surface area contributed by atoms with Crippen LogP contribution < -0.4 is 0 Å². The van der Waals surface area contributed by atoms with E-state index in [1.807, 2.05) is 11.3 Å². The van der Waals surface area contributed by atoms with Gasteiger partial charge in [0.1, 0.15) is 11.0 Å². The van der Waals surface area contributed by atoms with E-state index in [1.54, 1.807) is 0 Å². The van der Waals surface area contributed by atoms with Gasteiger partial charge in [-0.15, -0.1) is 11.3 Å². The molecule has 4 aliphatic carbocycles. The fourth-order valence-corrected chi connectivity index (χ4v) is 16.5. The zero-order valence-corrected chi connectivity index (χ0v) is 45.9. The van der Waals surface area contributed by atoms with Gasteiger partial charge in [-0.05, 0) is 134 Å². The average molecular weight is 1030 g/mol. The maximum Gasteiger partial charge on any atom is 0.109 e. The van der Waals surface area contributed by atoms with E-state index in [0.717, 1.165) is 42.6 Å². The molecule has 0 bridgehead atoms. The molecule has 0 N–H and O–H groups in total. The maximum absolute atomic E-state index is 6.10. The summed E-state index contributed by atoms with van der Waals surface area (Å²) < 4.78 is 0. The van der Waals surface area contributed by atoms with Gasteiger partial charge in [0.25, 0.3) is 0 Å². The molecule has 13 aromatic rings. The van der Waals surface area contributed by atoms with Gasteiger partial charge in [-0.3, -0.25) is 0 Å². The van der Waals surface area contributed by atoms with Crippen molar-refractivity contribution in [1.82, 2.24) is 9.97 Å². The standard InChI is InChI=1S/C76H54N2S/c1-73(2,3)43-37-39-49-55(41-43)56-42-44(74(4,5)6)38-40-50(56)68-67(49)77-69-70(78-68)72(54-28-20-36-64-66(54)52-26-12-18-34-62(52)76(64)59-31-15-9-23-47(59)48-24-10-16-32-60(48)76)79-71(69)53-27-19-35-63-65(53)51-25-11-17-33-61(51)75(63)57-29-13-7-21-45(57)46-22-8-14-30-58(46)75/h7-42H,1-6H3. The largest absolute Gasteiger partial charge is 0.242 e. The quantitative estimate of drug-likeness (QED) is 0.161. The van der Waals surface area contributed by atoms with Gasteiger partial charge in [-0.2, -0.15) is 0 Å². The lowest BCUT2D eigenvalue weighted by molar-refractivity contribution is 0.590. The van der Waals surface area contributed by atoms with Crippen LogP contribution in [0.2, 0.25) is 0 Å².